The van der Waals surface area contributed by atoms with Gasteiger partial charge in [-0.1, -0.05) is 6.07 Å². The number of nitrogen functional groups attached to an aromatic ring is 1. The molecule has 18 heavy (non-hydrogen) atoms. The first-order chi connectivity index (χ1) is 8.65. The van der Waals surface area contributed by atoms with Gasteiger partial charge in [0.2, 0.25) is 5.95 Å². The Bertz CT molecular complexity index is 566. The number of hydrogen-bond acceptors (Lipinski definition) is 4. The van der Waals surface area contributed by atoms with Crippen LogP contribution in [0, 0.1) is 6.92 Å². The minimum atomic E-state index is 0.583. The van der Waals surface area contributed by atoms with Gasteiger partial charge in [0.05, 0.1) is 11.0 Å². The zero-order valence-corrected chi connectivity index (χ0v) is 10.9. The van der Waals surface area contributed by atoms with Crippen molar-refractivity contribution >= 4 is 17.0 Å². The summed E-state index contributed by atoms with van der Waals surface area (Å²) >= 11 is 0. The molecule has 5 heteroatoms. The zero-order chi connectivity index (χ0) is 12.7. The van der Waals surface area contributed by atoms with Crippen molar-refractivity contribution in [2.75, 3.05) is 44.0 Å². The summed E-state index contributed by atoms with van der Waals surface area (Å²) in [5, 5.41) is 2.28. The fourth-order valence-electron chi connectivity index (χ4n) is 2.49. The summed E-state index contributed by atoms with van der Waals surface area (Å²) in [5.41, 5.74) is 9.36. The minimum Gasteiger partial charge on any atom is -0.368 e. The van der Waals surface area contributed by atoms with Crippen LogP contribution in [0.1, 0.15) is 5.56 Å². The first-order valence-electron chi connectivity index (χ1n) is 6.33. The van der Waals surface area contributed by atoms with Gasteiger partial charge in [-0.15, -0.1) is 0 Å². The fourth-order valence-corrected chi connectivity index (χ4v) is 2.49. The molecule has 0 unspecified atom stereocenters. The maximum absolute atomic E-state index is 6.07. The van der Waals surface area contributed by atoms with Gasteiger partial charge in [-0.05, 0) is 31.7 Å². The number of rotatable bonds is 1. The number of aryl methyl sites for hydroxylation is 1. The van der Waals surface area contributed by atoms with Gasteiger partial charge in [-0.25, -0.2) is 9.66 Å². The number of nitrogens with two attached hydrogens (primary N) is 1. The number of likely N-dealkylation sites (N-methyl/N-ethyl adjacent to an activating group) is 1. The number of imidazole rings is 1. The Morgan fingerprint density at radius 1 is 1.17 bits per heavy atom. The molecule has 0 saturated carbocycles. The molecule has 0 atom stereocenters. The Morgan fingerprint density at radius 2 is 1.89 bits per heavy atom. The lowest BCUT2D eigenvalue weighted by molar-refractivity contribution is 0.290. The molecule has 1 aromatic heterocycles. The molecule has 0 bridgehead atoms. The molecule has 2 aromatic rings. The average molecular weight is 245 g/mol. The number of aromatic nitrogens is 2. The molecule has 0 spiro atoms. The van der Waals surface area contributed by atoms with E-state index in [1.165, 1.54) is 5.56 Å². The van der Waals surface area contributed by atoms with Crippen LogP contribution in [0.2, 0.25) is 0 Å². The summed E-state index contributed by atoms with van der Waals surface area (Å²) in [4.78, 5) is 6.78. The zero-order valence-electron chi connectivity index (χ0n) is 10.9. The van der Waals surface area contributed by atoms with Crippen molar-refractivity contribution in [2.24, 2.45) is 0 Å². The summed E-state index contributed by atoms with van der Waals surface area (Å²) in [6.45, 7) is 6.17. The lowest BCUT2D eigenvalue weighted by atomic mass is 10.2. The fraction of sp³-hybridized carbons (Fsp3) is 0.462. The summed E-state index contributed by atoms with van der Waals surface area (Å²) in [6.07, 6.45) is 0. The molecule has 0 amide bonds. The van der Waals surface area contributed by atoms with Gasteiger partial charge >= 0.3 is 0 Å². The first-order valence-corrected chi connectivity index (χ1v) is 6.33. The molecule has 1 aromatic carbocycles. The van der Waals surface area contributed by atoms with E-state index < -0.39 is 0 Å². The molecule has 1 aliphatic rings. The van der Waals surface area contributed by atoms with Crippen molar-refractivity contribution in [1.29, 1.82) is 0 Å². The number of nitrogens with zero attached hydrogens (tertiary/aromatic N) is 4. The summed E-state index contributed by atoms with van der Waals surface area (Å²) < 4.78 is 2.06. The van der Waals surface area contributed by atoms with Crippen molar-refractivity contribution in [3.05, 3.63) is 23.8 Å². The van der Waals surface area contributed by atoms with Gasteiger partial charge in [0.15, 0.2) is 0 Å². The molecular formula is C13H19N5. The number of benzene rings is 1. The van der Waals surface area contributed by atoms with Crippen LogP contribution >= 0.6 is 0 Å². The van der Waals surface area contributed by atoms with E-state index in [0.29, 0.717) is 5.95 Å². The highest BCUT2D eigenvalue weighted by Crippen LogP contribution is 2.20. The highest BCUT2D eigenvalue weighted by Gasteiger charge is 2.18. The predicted octanol–water partition coefficient (Wildman–Crippen LogP) is 0.810. The normalized spacial score (nSPS) is 17.6. The molecule has 2 N–H and O–H groups in total. The van der Waals surface area contributed by atoms with Crippen molar-refractivity contribution < 1.29 is 0 Å². The predicted molar refractivity (Wildman–Crippen MR) is 74.3 cm³/mol. The summed E-state index contributed by atoms with van der Waals surface area (Å²) in [5.74, 6) is 0.583. The Labute approximate surface area is 107 Å². The lowest BCUT2D eigenvalue weighted by Crippen LogP contribution is -2.50. The third-order valence-electron chi connectivity index (χ3n) is 3.57. The van der Waals surface area contributed by atoms with E-state index in [2.05, 4.69) is 51.7 Å². The van der Waals surface area contributed by atoms with Crippen LogP contribution in [0.15, 0.2) is 18.2 Å². The van der Waals surface area contributed by atoms with Crippen molar-refractivity contribution in [3.8, 4) is 0 Å². The van der Waals surface area contributed by atoms with Gasteiger partial charge in [0.1, 0.15) is 0 Å². The van der Waals surface area contributed by atoms with Crippen molar-refractivity contribution in [1.82, 2.24) is 14.6 Å². The second-order valence-corrected chi connectivity index (χ2v) is 5.03. The second-order valence-electron chi connectivity index (χ2n) is 5.03. The van der Waals surface area contributed by atoms with Gasteiger partial charge in [0, 0.05) is 26.2 Å². The number of piperazine rings is 1. The molecule has 0 radical (unpaired) electrons. The van der Waals surface area contributed by atoms with Crippen LogP contribution in [-0.2, 0) is 0 Å². The average Bonchev–Trinajstić information content (AvgIpc) is 2.65. The molecule has 1 aliphatic heterocycles. The highest BCUT2D eigenvalue weighted by molar-refractivity contribution is 5.79. The van der Waals surface area contributed by atoms with Crippen LogP contribution in [0.4, 0.5) is 5.95 Å². The number of hydrogen-bond donors (Lipinski definition) is 1. The van der Waals surface area contributed by atoms with Gasteiger partial charge in [-0.2, -0.15) is 0 Å². The van der Waals surface area contributed by atoms with E-state index in [9.17, 15) is 0 Å². The standard InChI is InChI=1S/C13H19N5/c1-10-3-4-12-11(9-10)15-13(14)18(12)17-7-5-16(2)6-8-17/h3-4,9H,5-8H2,1-2H3,(H2,14,15). The van der Waals surface area contributed by atoms with Gasteiger partial charge < -0.3 is 15.6 Å². The maximum atomic E-state index is 6.07. The molecular weight excluding hydrogens is 226 g/mol. The van der Waals surface area contributed by atoms with E-state index in [1.807, 2.05) is 0 Å². The third kappa shape index (κ3) is 1.80. The number of fused-ring (bicyclic) bond motifs is 1. The van der Waals surface area contributed by atoms with E-state index in [4.69, 9.17) is 5.73 Å². The first kappa shape index (κ1) is 11.3. The van der Waals surface area contributed by atoms with Gasteiger partial charge in [-0.3, -0.25) is 0 Å². The van der Waals surface area contributed by atoms with Crippen molar-refractivity contribution in [3.63, 3.8) is 0 Å². The van der Waals surface area contributed by atoms with E-state index in [0.717, 1.165) is 37.2 Å². The van der Waals surface area contributed by atoms with Crippen LogP contribution < -0.4 is 10.7 Å². The van der Waals surface area contributed by atoms with Crippen LogP contribution in [-0.4, -0.2) is 47.8 Å². The Kier molecular flexibility index (Phi) is 2.63. The molecule has 1 saturated heterocycles. The Hall–Kier alpha value is -1.75. The largest absolute Gasteiger partial charge is 0.368 e. The highest BCUT2D eigenvalue weighted by atomic mass is 15.6. The topological polar surface area (TPSA) is 50.3 Å². The monoisotopic (exact) mass is 245 g/mol. The van der Waals surface area contributed by atoms with Crippen molar-refractivity contribution in [2.45, 2.75) is 6.92 Å². The second kappa shape index (κ2) is 4.17. The van der Waals surface area contributed by atoms with E-state index in [1.54, 1.807) is 0 Å². The van der Waals surface area contributed by atoms with Crippen LogP contribution in [0.5, 0.6) is 0 Å². The van der Waals surface area contributed by atoms with Gasteiger partial charge in [0.25, 0.3) is 0 Å². The molecule has 1 fully saturated rings. The molecule has 96 valence electrons. The van der Waals surface area contributed by atoms with Crippen LogP contribution in [0.3, 0.4) is 0 Å². The number of anilines is 1. The third-order valence-corrected chi connectivity index (χ3v) is 3.57. The molecule has 5 nitrogen and oxygen atoms in total. The van der Waals surface area contributed by atoms with E-state index >= 15 is 0 Å². The van der Waals surface area contributed by atoms with E-state index in [-0.39, 0.29) is 0 Å². The molecule has 3 rings (SSSR count). The Balaban J connectivity index is 2.03. The minimum absolute atomic E-state index is 0.583. The quantitative estimate of drug-likeness (QED) is 0.808. The molecule has 2 heterocycles. The molecule has 0 aliphatic carbocycles. The summed E-state index contributed by atoms with van der Waals surface area (Å²) in [7, 11) is 2.15. The van der Waals surface area contributed by atoms with Crippen LogP contribution in [0.25, 0.3) is 11.0 Å². The summed E-state index contributed by atoms with van der Waals surface area (Å²) in [6, 6.07) is 6.29. The SMILES string of the molecule is Cc1ccc2c(c1)nc(N)n2N1CCN(C)CC1. The Morgan fingerprint density at radius 3 is 2.61 bits per heavy atom. The maximum Gasteiger partial charge on any atom is 0.220 e. The lowest BCUT2D eigenvalue weighted by Gasteiger charge is -2.35. The smallest absolute Gasteiger partial charge is 0.220 e.